The van der Waals surface area contributed by atoms with Crippen molar-refractivity contribution in [2.24, 2.45) is 5.92 Å². The van der Waals surface area contributed by atoms with Crippen LogP contribution in [0.1, 0.15) is 20.3 Å². The second-order valence-electron chi connectivity index (χ2n) is 3.84. The third-order valence-corrected chi connectivity index (χ3v) is 2.51. The fraction of sp³-hybridized carbons (Fsp3) is 0.727. The lowest BCUT2D eigenvalue weighted by atomic mass is 10.1. The van der Waals surface area contributed by atoms with Crippen LogP contribution in [0.25, 0.3) is 0 Å². The van der Waals surface area contributed by atoms with Crippen molar-refractivity contribution >= 4 is 5.95 Å². The number of nitrogens with one attached hydrogen (secondary N) is 1. The standard InChI is InChI=1S/C11H21N3O/c1-4-10(2)9-14-7-5-12-11(14)13-6-8-15-3/h5,7,10H,4,6,8-9H2,1-3H3,(H,12,13). The van der Waals surface area contributed by atoms with Gasteiger partial charge in [-0.1, -0.05) is 20.3 Å². The van der Waals surface area contributed by atoms with E-state index in [2.05, 4.69) is 28.7 Å². The van der Waals surface area contributed by atoms with E-state index in [4.69, 9.17) is 4.74 Å². The van der Waals surface area contributed by atoms with Crippen molar-refractivity contribution in [1.29, 1.82) is 0 Å². The molecule has 1 heterocycles. The first-order valence-corrected chi connectivity index (χ1v) is 5.51. The molecule has 4 nitrogen and oxygen atoms in total. The Balaban J connectivity index is 2.45. The number of anilines is 1. The highest BCUT2D eigenvalue weighted by Gasteiger charge is 2.05. The van der Waals surface area contributed by atoms with Crippen molar-refractivity contribution in [2.75, 3.05) is 25.6 Å². The Hall–Kier alpha value is -1.03. The molecule has 0 bridgehead atoms. The number of hydrogen-bond acceptors (Lipinski definition) is 3. The largest absolute Gasteiger partial charge is 0.383 e. The lowest BCUT2D eigenvalue weighted by Crippen LogP contribution is -2.14. The van der Waals surface area contributed by atoms with E-state index in [-0.39, 0.29) is 0 Å². The molecule has 0 spiro atoms. The molecule has 0 radical (unpaired) electrons. The van der Waals surface area contributed by atoms with Gasteiger partial charge < -0.3 is 14.6 Å². The first kappa shape index (κ1) is 12.0. The Morgan fingerprint density at radius 2 is 2.40 bits per heavy atom. The minimum Gasteiger partial charge on any atom is -0.383 e. The van der Waals surface area contributed by atoms with Crippen LogP contribution in [0, 0.1) is 5.92 Å². The summed E-state index contributed by atoms with van der Waals surface area (Å²) in [6.45, 7) is 6.98. The third kappa shape index (κ3) is 3.91. The number of rotatable bonds is 7. The molecule has 0 aromatic carbocycles. The molecule has 0 fully saturated rings. The molecule has 0 saturated heterocycles. The summed E-state index contributed by atoms with van der Waals surface area (Å²) >= 11 is 0. The van der Waals surface area contributed by atoms with Gasteiger partial charge in [-0.05, 0) is 5.92 Å². The summed E-state index contributed by atoms with van der Waals surface area (Å²) in [6.07, 6.45) is 5.04. The van der Waals surface area contributed by atoms with E-state index in [1.54, 1.807) is 7.11 Å². The summed E-state index contributed by atoms with van der Waals surface area (Å²) in [5, 5.41) is 3.25. The van der Waals surface area contributed by atoms with Gasteiger partial charge in [0.25, 0.3) is 0 Å². The fourth-order valence-corrected chi connectivity index (χ4v) is 1.35. The quantitative estimate of drug-likeness (QED) is 0.701. The van der Waals surface area contributed by atoms with Crippen molar-refractivity contribution < 1.29 is 4.74 Å². The Kier molecular flexibility index (Phi) is 5.18. The predicted octanol–water partition coefficient (Wildman–Crippen LogP) is 1.99. The number of methoxy groups -OCH3 is 1. The lowest BCUT2D eigenvalue weighted by Gasteiger charge is -2.13. The van der Waals surface area contributed by atoms with E-state index in [1.165, 1.54) is 6.42 Å². The van der Waals surface area contributed by atoms with E-state index in [9.17, 15) is 0 Å². The zero-order valence-electron chi connectivity index (χ0n) is 9.86. The number of ether oxygens (including phenoxy) is 1. The SMILES string of the molecule is CCC(C)Cn1ccnc1NCCOC. The van der Waals surface area contributed by atoms with Gasteiger partial charge in [0.2, 0.25) is 5.95 Å². The van der Waals surface area contributed by atoms with Gasteiger partial charge in [-0.2, -0.15) is 0 Å². The van der Waals surface area contributed by atoms with Crippen LogP contribution >= 0.6 is 0 Å². The number of nitrogens with zero attached hydrogens (tertiary/aromatic N) is 2. The van der Waals surface area contributed by atoms with Crippen LogP contribution in [0.3, 0.4) is 0 Å². The first-order chi connectivity index (χ1) is 7.27. The van der Waals surface area contributed by atoms with Gasteiger partial charge >= 0.3 is 0 Å². The summed E-state index contributed by atoms with van der Waals surface area (Å²) < 4.78 is 7.14. The third-order valence-electron chi connectivity index (χ3n) is 2.51. The van der Waals surface area contributed by atoms with Gasteiger partial charge in [0, 0.05) is 32.6 Å². The van der Waals surface area contributed by atoms with Crippen LogP contribution < -0.4 is 5.32 Å². The highest BCUT2D eigenvalue weighted by Crippen LogP contribution is 2.10. The molecular weight excluding hydrogens is 190 g/mol. The van der Waals surface area contributed by atoms with Gasteiger partial charge in [0.05, 0.1) is 6.61 Å². The van der Waals surface area contributed by atoms with Crippen LogP contribution in [-0.2, 0) is 11.3 Å². The van der Waals surface area contributed by atoms with Gasteiger partial charge in [0.15, 0.2) is 0 Å². The van der Waals surface area contributed by atoms with E-state index in [0.29, 0.717) is 12.5 Å². The minimum atomic E-state index is 0.683. The molecule has 0 aliphatic heterocycles. The van der Waals surface area contributed by atoms with Crippen molar-refractivity contribution in [1.82, 2.24) is 9.55 Å². The zero-order valence-corrected chi connectivity index (χ0v) is 9.86. The van der Waals surface area contributed by atoms with E-state index < -0.39 is 0 Å². The van der Waals surface area contributed by atoms with Crippen molar-refractivity contribution in [3.8, 4) is 0 Å². The molecule has 86 valence electrons. The number of hydrogen-bond donors (Lipinski definition) is 1. The Labute approximate surface area is 91.7 Å². The predicted molar refractivity (Wildman–Crippen MR) is 62.0 cm³/mol. The molecular formula is C11H21N3O. The van der Waals surface area contributed by atoms with Crippen LogP contribution in [0.4, 0.5) is 5.95 Å². The highest BCUT2D eigenvalue weighted by atomic mass is 16.5. The molecule has 0 saturated carbocycles. The van der Waals surface area contributed by atoms with E-state index >= 15 is 0 Å². The molecule has 1 aromatic rings. The van der Waals surface area contributed by atoms with Gasteiger partial charge in [-0.25, -0.2) is 4.98 Å². The monoisotopic (exact) mass is 211 g/mol. The maximum atomic E-state index is 4.98. The second-order valence-corrected chi connectivity index (χ2v) is 3.84. The smallest absolute Gasteiger partial charge is 0.202 e. The molecule has 1 aromatic heterocycles. The fourth-order valence-electron chi connectivity index (χ4n) is 1.35. The Morgan fingerprint density at radius 1 is 1.60 bits per heavy atom. The summed E-state index contributed by atoms with van der Waals surface area (Å²) in [5.74, 6) is 1.62. The normalized spacial score (nSPS) is 12.7. The van der Waals surface area contributed by atoms with Gasteiger partial charge in [-0.3, -0.25) is 0 Å². The van der Waals surface area contributed by atoms with Crippen LogP contribution in [0.2, 0.25) is 0 Å². The topological polar surface area (TPSA) is 39.1 Å². The molecule has 0 aliphatic rings. The summed E-state index contributed by atoms with van der Waals surface area (Å²) in [4.78, 5) is 4.27. The summed E-state index contributed by atoms with van der Waals surface area (Å²) in [5.41, 5.74) is 0. The maximum Gasteiger partial charge on any atom is 0.202 e. The van der Waals surface area contributed by atoms with Crippen molar-refractivity contribution in [3.63, 3.8) is 0 Å². The number of imidazole rings is 1. The van der Waals surface area contributed by atoms with Crippen LogP contribution in [-0.4, -0.2) is 29.8 Å². The van der Waals surface area contributed by atoms with Crippen LogP contribution in [0.15, 0.2) is 12.4 Å². The molecule has 1 unspecified atom stereocenters. The molecule has 4 heteroatoms. The maximum absolute atomic E-state index is 4.98. The molecule has 15 heavy (non-hydrogen) atoms. The Morgan fingerprint density at radius 3 is 3.07 bits per heavy atom. The second kappa shape index (κ2) is 6.45. The Bertz CT molecular complexity index is 273. The highest BCUT2D eigenvalue weighted by molar-refractivity contribution is 5.25. The molecule has 0 amide bonds. The molecule has 1 atom stereocenters. The van der Waals surface area contributed by atoms with Gasteiger partial charge in [-0.15, -0.1) is 0 Å². The van der Waals surface area contributed by atoms with Crippen molar-refractivity contribution in [3.05, 3.63) is 12.4 Å². The molecule has 0 aliphatic carbocycles. The minimum absolute atomic E-state index is 0.683. The average molecular weight is 211 g/mol. The van der Waals surface area contributed by atoms with Crippen molar-refractivity contribution in [2.45, 2.75) is 26.8 Å². The number of aromatic nitrogens is 2. The van der Waals surface area contributed by atoms with Crippen LogP contribution in [0.5, 0.6) is 0 Å². The van der Waals surface area contributed by atoms with Gasteiger partial charge in [0.1, 0.15) is 0 Å². The summed E-state index contributed by atoms with van der Waals surface area (Å²) in [6, 6.07) is 0. The van der Waals surface area contributed by atoms with E-state index in [0.717, 1.165) is 19.0 Å². The first-order valence-electron chi connectivity index (χ1n) is 5.51. The van der Waals surface area contributed by atoms with E-state index in [1.807, 2.05) is 12.4 Å². The molecule has 1 N–H and O–H groups in total. The zero-order chi connectivity index (χ0) is 11.1. The average Bonchev–Trinajstić information content (AvgIpc) is 2.66. The molecule has 1 rings (SSSR count). The lowest BCUT2D eigenvalue weighted by molar-refractivity contribution is 0.210. The summed E-state index contributed by atoms with van der Waals surface area (Å²) in [7, 11) is 1.70.